The van der Waals surface area contributed by atoms with E-state index in [4.69, 9.17) is 18.9 Å². The molecule has 8 nitrogen and oxygen atoms in total. The summed E-state index contributed by atoms with van der Waals surface area (Å²) in [5.41, 5.74) is -3.70. The SMILES string of the molecule is CCN1C[C@@]2(COC)CC[C@@H](OC)[C@@]34C5C[C@@H]6C(OC)C[C@](O)(C5[C@@H]6O)[C@](O)(C(OC)C23)[C@H]14. The smallest absolute Gasteiger partial charge is 0.136 e. The van der Waals surface area contributed by atoms with Gasteiger partial charge in [-0.2, -0.15) is 0 Å². The van der Waals surface area contributed by atoms with Gasteiger partial charge in [0.15, 0.2) is 0 Å². The molecule has 13 atom stereocenters. The van der Waals surface area contributed by atoms with Crippen LogP contribution >= 0.6 is 0 Å². The zero-order valence-electron chi connectivity index (χ0n) is 20.6. The molecule has 5 aliphatic carbocycles. The molecular formula is C25H41NO7. The first kappa shape index (κ1) is 23.1. The molecule has 1 aliphatic heterocycles. The van der Waals surface area contributed by atoms with Gasteiger partial charge in [0.2, 0.25) is 0 Å². The van der Waals surface area contributed by atoms with E-state index in [1.165, 1.54) is 0 Å². The Hall–Kier alpha value is -0.320. The number of hydrogen-bond donors (Lipinski definition) is 3. The Kier molecular flexibility index (Phi) is 4.99. The topological polar surface area (TPSA) is 101 Å². The molecule has 0 aromatic heterocycles. The third kappa shape index (κ3) is 2.20. The molecule has 1 spiro atoms. The van der Waals surface area contributed by atoms with E-state index in [0.717, 1.165) is 32.4 Å². The van der Waals surface area contributed by atoms with Crippen molar-refractivity contribution < 1.29 is 34.3 Å². The normalized spacial score (nSPS) is 60.9. The Labute approximate surface area is 196 Å². The highest BCUT2D eigenvalue weighted by atomic mass is 16.5. The van der Waals surface area contributed by atoms with Crippen molar-refractivity contribution in [2.45, 2.75) is 74.3 Å². The second-order valence-corrected chi connectivity index (χ2v) is 11.9. The number of rotatable bonds is 6. The lowest BCUT2D eigenvalue weighted by molar-refractivity contribution is -0.318. The van der Waals surface area contributed by atoms with Gasteiger partial charge in [-0.3, -0.25) is 4.90 Å². The van der Waals surface area contributed by atoms with Crippen LogP contribution in [0.25, 0.3) is 0 Å². The second-order valence-electron chi connectivity index (χ2n) is 11.9. The van der Waals surface area contributed by atoms with E-state index >= 15 is 0 Å². The Morgan fingerprint density at radius 1 is 1.06 bits per heavy atom. The summed E-state index contributed by atoms with van der Waals surface area (Å²) in [6.45, 7) is 4.28. The van der Waals surface area contributed by atoms with Crippen LogP contribution in [0.1, 0.15) is 32.6 Å². The first-order chi connectivity index (χ1) is 15.8. The summed E-state index contributed by atoms with van der Waals surface area (Å²) in [5.74, 6) is -0.492. The number of nitrogens with zero attached hydrogens (tertiary/aromatic N) is 1. The van der Waals surface area contributed by atoms with Crippen molar-refractivity contribution in [1.82, 2.24) is 4.90 Å². The predicted octanol–water partition coefficient (Wildman–Crippen LogP) is 0.271. The molecule has 0 aromatic rings. The number of methoxy groups -OCH3 is 4. The molecule has 1 heterocycles. The van der Waals surface area contributed by atoms with Crippen LogP contribution in [-0.2, 0) is 18.9 Å². The molecule has 7 bridgehead atoms. The molecule has 5 unspecified atom stereocenters. The Morgan fingerprint density at radius 2 is 1.82 bits per heavy atom. The molecule has 5 saturated carbocycles. The van der Waals surface area contributed by atoms with Gasteiger partial charge in [-0.05, 0) is 31.7 Å². The average Bonchev–Trinajstić information content (AvgIpc) is 3.16. The highest BCUT2D eigenvalue weighted by Crippen LogP contribution is 2.80. The summed E-state index contributed by atoms with van der Waals surface area (Å²) >= 11 is 0. The van der Waals surface area contributed by atoms with Crippen molar-refractivity contribution in [2.24, 2.45) is 34.5 Å². The van der Waals surface area contributed by atoms with Crippen LogP contribution in [0.4, 0.5) is 0 Å². The third-order valence-electron chi connectivity index (χ3n) is 11.5. The monoisotopic (exact) mass is 467 g/mol. The number of fused-ring (bicyclic) bond motifs is 2. The van der Waals surface area contributed by atoms with Crippen LogP contribution in [-0.4, -0.2) is 110 Å². The minimum Gasteiger partial charge on any atom is -0.392 e. The Morgan fingerprint density at radius 3 is 2.42 bits per heavy atom. The van der Waals surface area contributed by atoms with E-state index in [0.29, 0.717) is 13.0 Å². The zero-order valence-corrected chi connectivity index (χ0v) is 20.6. The van der Waals surface area contributed by atoms with Crippen molar-refractivity contribution in [3.8, 4) is 0 Å². The van der Waals surface area contributed by atoms with Gasteiger partial charge in [-0.1, -0.05) is 6.92 Å². The predicted molar refractivity (Wildman–Crippen MR) is 119 cm³/mol. The van der Waals surface area contributed by atoms with Crippen molar-refractivity contribution >= 4 is 0 Å². The van der Waals surface area contributed by atoms with E-state index < -0.39 is 34.7 Å². The summed E-state index contributed by atoms with van der Waals surface area (Å²) in [6.07, 6.45) is 1.21. The lowest BCUT2D eigenvalue weighted by atomic mass is 9.42. The van der Waals surface area contributed by atoms with Crippen molar-refractivity contribution in [2.75, 3.05) is 48.1 Å². The molecule has 1 saturated heterocycles. The highest BCUT2D eigenvalue weighted by Gasteiger charge is 2.91. The molecule has 188 valence electrons. The van der Waals surface area contributed by atoms with Crippen LogP contribution in [0.2, 0.25) is 0 Å². The molecule has 33 heavy (non-hydrogen) atoms. The van der Waals surface area contributed by atoms with Gasteiger partial charge < -0.3 is 34.3 Å². The summed E-state index contributed by atoms with van der Waals surface area (Å²) in [6, 6.07) is -0.312. The summed E-state index contributed by atoms with van der Waals surface area (Å²) in [7, 11) is 6.85. The highest BCUT2D eigenvalue weighted by molar-refractivity contribution is 5.41. The van der Waals surface area contributed by atoms with Gasteiger partial charge in [0, 0.05) is 70.0 Å². The van der Waals surface area contributed by atoms with E-state index in [9.17, 15) is 15.3 Å². The minimum atomic E-state index is -1.55. The van der Waals surface area contributed by atoms with E-state index in [1.54, 1.807) is 28.4 Å². The lowest BCUT2D eigenvalue weighted by Crippen LogP contribution is -2.82. The van der Waals surface area contributed by atoms with Gasteiger partial charge in [-0.15, -0.1) is 0 Å². The average molecular weight is 468 g/mol. The largest absolute Gasteiger partial charge is 0.392 e. The van der Waals surface area contributed by atoms with E-state index in [2.05, 4.69) is 11.8 Å². The third-order valence-corrected chi connectivity index (χ3v) is 11.5. The molecule has 0 aromatic carbocycles. The quantitative estimate of drug-likeness (QED) is 0.512. The Bertz CT molecular complexity index is 814. The number of ether oxygens (including phenoxy) is 4. The standard InChI is InChI=1S/C25H41NO7/c1-6-26-11-22(12-30-2)8-7-16(32-4)24-14-9-13-15(31-3)10-23(28,17(14)18(13)27)25(29,21(24)26)20(33-5)19(22)24/h13-21,27-29H,6-12H2,1-5H3/t13-,14?,15?,16-,17?,18-,19?,20?,21-,22-,23+,24+,25+/m1/s1. The maximum atomic E-state index is 12.9. The summed E-state index contributed by atoms with van der Waals surface area (Å²) in [5, 5.41) is 37.1. The molecule has 0 radical (unpaired) electrons. The molecule has 0 amide bonds. The number of aliphatic hydroxyl groups excluding tert-OH is 1. The number of likely N-dealkylation sites (tertiary alicyclic amines) is 1. The summed E-state index contributed by atoms with van der Waals surface area (Å²) < 4.78 is 24.2. The number of piperidine rings is 1. The fourth-order valence-electron chi connectivity index (χ4n) is 11.0. The first-order valence-electron chi connectivity index (χ1n) is 12.7. The molecule has 6 aliphatic rings. The molecule has 6 fully saturated rings. The van der Waals surface area contributed by atoms with Crippen LogP contribution in [0, 0.1) is 34.5 Å². The molecular weight excluding hydrogens is 426 g/mol. The maximum absolute atomic E-state index is 12.9. The maximum Gasteiger partial charge on any atom is 0.136 e. The molecule has 8 heteroatoms. The van der Waals surface area contributed by atoms with Gasteiger partial charge in [0.25, 0.3) is 0 Å². The number of likely N-dealkylation sites (N-methyl/N-ethyl adjacent to an activating group) is 1. The van der Waals surface area contributed by atoms with Crippen molar-refractivity contribution in [1.29, 1.82) is 0 Å². The lowest BCUT2D eigenvalue weighted by Gasteiger charge is -2.70. The number of hydrogen-bond acceptors (Lipinski definition) is 8. The van der Waals surface area contributed by atoms with E-state index in [-0.39, 0.29) is 41.4 Å². The van der Waals surface area contributed by atoms with Crippen molar-refractivity contribution in [3.63, 3.8) is 0 Å². The van der Waals surface area contributed by atoms with Crippen molar-refractivity contribution in [3.05, 3.63) is 0 Å². The fraction of sp³-hybridized carbons (Fsp3) is 1.00. The Balaban J connectivity index is 1.68. The van der Waals surface area contributed by atoms with Crippen LogP contribution in [0.3, 0.4) is 0 Å². The fourth-order valence-corrected chi connectivity index (χ4v) is 11.0. The number of aliphatic hydroxyl groups is 3. The molecule has 3 N–H and O–H groups in total. The van der Waals surface area contributed by atoms with Crippen LogP contribution in [0.15, 0.2) is 0 Å². The van der Waals surface area contributed by atoms with E-state index in [1.807, 2.05) is 0 Å². The second kappa shape index (κ2) is 7.13. The van der Waals surface area contributed by atoms with Gasteiger partial charge in [-0.25, -0.2) is 0 Å². The molecule has 6 rings (SSSR count). The first-order valence-corrected chi connectivity index (χ1v) is 12.7. The van der Waals surface area contributed by atoms with Crippen LogP contribution < -0.4 is 0 Å². The van der Waals surface area contributed by atoms with Gasteiger partial charge in [0.05, 0.1) is 37.1 Å². The summed E-state index contributed by atoms with van der Waals surface area (Å²) in [4.78, 5) is 2.38. The van der Waals surface area contributed by atoms with Crippen LogP contribution in [0.5, 0.6) is 0 Å². The van der Waals surface area contributed by atoms with Gasteiger partial charge >= 0.3 is 0 Å². The zero-order chi connectivity index (χ0) is 23.6. The minimum absolute atomic E-state index is 0.00825. The van der Waals surface area contributed by atoms with Gasteiger partial charge in [0.1, 0.15) is 11.2 Å².